The van der Waals surface area contributed by atoms with Gasteiger partial charge in [-0.15, -0.1) is 0 Å². The Labute approximate surface area is 136 Å². The number of benzene rings is 2. The topological polar surface area (TPSA) is 29.3 Å². The van der Waals surface area contributed by atoms with Gasteiger partial charge in [-0.2, -0.15) is 0 Å². The lowest BCUT2D eigenvalue weighted by molar-refractivity contribution is 0.255. The molecular weight excluding hydrogens is 324 g/mol. The zero-order valence-electron chi connectivity index (χ0n) is 12.6. The molecule has 2 nitrogen and oxygen atoms in total. The normalized spacial score (nSPS) is 11.0. The van der Waals surface area contributed by atoms with E-state index in [1.165, 1.54) is 21.2 Å². The van der Waals surface area contributed by atoms with Gasteiger partial charge in [0.15, 0.2) is 0 Å². The van der Waals surface area contributed by atoms with Crippen molar-refractivity contribution >= 4 is 15.9 Å². The molecule has 0 spiro atoms. The molecule has 0 aliphatic carbocycles. The second-order valence-corrected chi connectivity index (χ2v) is 6.28. The molecule has 2 rings (SSSR count). The average molecular weight is 347 g/mol. The summed E-state index contributed by atoms with van der Waals surface area (Å²) in [5.74, 6) is 0. The molecule has 21 heavy (non-hydrogen) atoms. The maximum atomic E-state index is 5.67. The first kappa shape index (κ1) is 16.2. The lowest BCUT2D eigenvalue weighted by Crippen LogP contribution is -2.25. The molecule has 0 saturated heterocycles. The second-order valence-electron chi connectivity index (χ2n) is 5.42. The average Bonchev–Trinajstić information content (AvgIpc) is 2.49. The molecule has 0 atom stereocenters. The maximum Gasteiger partial charge on any atom is 0.0237 e. The van der Waals surface area contributed by atoms with E-state index in [1.807, 2.05) is 0 Å². The summed E-state index contributed by atoms with van der Waals surface area (Å²) < 4.78 is 1.17. The van der Waals surface area contributed by atoms with Gasteiger partial charge in [-0.25, -0.2) is 0 Å². The number of nitrogens with two attached hydrogens (primary N) is 1. The van der Waals surface area contributed by atoms with Crippen molar-refractivity contribution in [1.29, 1.82) is 0 Å². The van der Waals surface area contributed by atoms with E-state index in [4.69, 9.17) is 5.73 Å². The highest BCUT2D eigenvalue weighted by atomic mass is 79.9. The third-order valence-electron chi connectivity index (χ3n) is 3.56. The molecule has 0 saturated carbocycles. The van der Waals surface area contributed by atoms with Crippen LogP contribution in [-0.2, 0) is 13.1 Å². The Morgan fingerprint density at radius 2 is 1.71 bits per heavy atom. The summed E-state index contributed by atoms with van der Waals surface area (Å²) in [7, 11) is 0. The van der Waals surface area contributed by atoms with Gasteiger partial charge in [0.25, 0.3) is 0 Å². The van der Waals surface area contributed by atoms with Crippen LogP contribution in [0.5, 0.6) is 0 Å². The Kier molecular flexibility index (Phi) is 6.43. The number of hydrogen-bond donors (Lipinski definition) is 1. The molecule has 0 fully saturated rings. The first-order chi connectivity index (χ1) is 10.2. The van der Waals surface area contributed by atoms with Gasteiger partial charge in [0.1, 0.15) is 0 Å². The molecule has 0 radical (unpaired) electrons. The van der Waals surface area contributed by atoms with Crippen LogP contribution in [0.1, 0.15) is 23.1 Å². The third kappa shape index (κ3) is 5.27. The van der Waals surface area contributed by atoms with Gasteiger partial charge in [-0.1, -0.05) is 58.4 Å². The highest BCUT2D eigenvalue weighted by molar-refractivity contribution is 9.10. The SMILES string of the molecule is Cc1cc(CN(CCCN)Cc2ccccc2)ccc1Br. The van der Waals surface area contributed by atoms with Crippen LogP contribution in [0.25, 0.3) is 0 Å². The van der Waals surface area contributed by atoms with Crippen molar-refractivity contribution in [2.75, 3.05) is 13.1 Å². The number of aryl methyl sites for hydroxylation is 1. The van der Waals surface area contributed by atoms with Crippen molar-refractivity contribution in [2.45, 2.75) is 26.4 Å². The molecule has 0 heterocycles. The first-order valence-electron chi connectivity index (χ1n) is 7.40. The Morgan fingerprint density at radius 1 is 1.00 bits per heavy atom. The third-order valence-corrected chi connectivity index (χ3v) is 4.45. The molecule has 2 aromatic rings. The van der Waals surface area contributed by atoms with Gasteiger partial charge in [0.05, 0.1) is 0 Å². The van der Waals surface area contributed by atoms with Gasteiger partial charge in [-0.3, -0.25) is 4.90 Å². The minimum Gasteiger partial charge on any atom is -0.330 e. The standard InChI is InChI=1S/C18H23BrN2/c1-15-12-17(8-9-18(15)19)14-21(11-5-10-20)13-16-6-3-2-4-7-16/h2-4,6-9,12H,5,10-11,13-14,20H2,1H3. The molecular formula is C18H23BrN2. The number of halogens is 1. The fourth-order valence-electron chi connectivity index (χ4n) is 2.43. The highest BCUT2D eigenvalue weighted by Gasteiger charge is 2.07. The summed E-state index contributed by atoms with van der Waals surface area (Å²) in [6.07, 6.45) is 1.03. The van der Waals surface area contributed by atoms with Gasteiger partial charge < -0.3 is 5.73 Å². The number of hydrogen-bond acceptors (Lipinski definition) is 2. The summed E-state index contributed by atoms with van der Waals surface area (Å²) in [5, 5.41) is 0. The van der Waals surface area contributed by atoms with Crippen LogP contribution in [0.15, 0.2) is 53.0 Å². The van der Waals surface area contributed by atoms with Gasteiger partial charge in [-0.05, 0) is 42.6 Å². The summed E-state index contributed by atoms with van der Waals surface area (Å²) >= 11 is 3.56. The van der Waals surface area contributed by atoms with Crippen molar-refractivity contribution < 1.29 is 0 Å². The molecule has 0 amide bonds. The monoisotopic (exact) mass is 346 g/mol. The molecule has 0 aromatic heterocycles. The fourth-order valence-corrected chi connectivity index (χ4v) is 2.68. The predicted octanol–water partition coefficient (Wildman–Crippen LogP) is 4.11. The van der Waals surface area contributed by atoms with Crippen LogP contribution in [-0.4, -0.2) is 18.0 Å². The molecule has 3 heteroatoms. The molecule has 112 valence electrons. The maximum absolute atomic E-state index is 5.67. The van der Waals surface area contributed by atoms with Gasteiger partial charge >= 0.3 is 0 Å². The summed E-state index contributed by atoms with van der Waals surface area (Å²) in [6.45, 7) is 5.83. The van der Waals surface area contributed by atoms with E-state index in [0.717, 1.165) is 32.6 Å². The molecule has 0 unspecified atom stereocenters. The van der Waals surface area contributed by atoms with Crippen LogP contribution < -0.4 is 5.73 Å². The van der Waals surface area contributed by atoms with Crippen molar-refractivity contribution in [3.8, 4) is 0 Å². The van der Waals surface area contributed by atoms with E-state index < -0.39 is 0 Å². The first-order valence-corrected chi connectivity index (χ1v) is 8.19. The molecule has 0 bridgehead atoms. The van der Waals surface area contributed by atoms with Crippen molar-refractivity contribution in [1.82, 2.24) is 4.90 Å². The van der Waals surface area contributed by atoms with Crippen molar-refractivity contribution in [3.63, 3.8) is 0 Å². The smallest absolute Gasteiger partial charge is 0.0237 e. The van der Waals surface area contributed by atoms with Crippen molar-refractivity contribution in [3.05, 3.63) is 69.7 Å². The summed E-state index contributed by atoms with van der Waals surface area (Å²) in [5.41, 5.74) is 9.66. The Hall–Kier alpha value is -1.16. The number of rotatable bonds is 7. The second kappa shape index (κ2) is 8.32. The van der Waals surface area contributed by atoms with Crippen LogP contribution in [0.2, 0.25) is 0 Å². The van der Waals surface area contributed by atoms with E-state index in [2.05, 4.69) is 76.3 Å². The molecule has 2 aromatic carbocycles. The van der Waals surface area contributed by atoms with Gasteiger partial charge in [0.2, 0.25) is 0 Å². The lowest BCUT2D eigenvalue weighted by atomic mass is 10.1. The van der Waals surface area contributed by atoms with Crippen LogP contribution >= 0.6 is 15.9 Å². The zero-order valence-corrected chi connectivity index (χ0v) is 14.1. The molecule has 0 aliphatic heterocycles. The largest absolute Gasteiger partial charge is 0.330 e. The van der Waals surface area contributed by atoms with E-state index in [9.17, 15) is 0 Å². The predicted molar refractivity (Wildman–Crippen MR) is 93.1 cm³/mol. The Bertz CT molecular complexity index is 554. The summed E-state index contributed by atoms with van der Waals surface area (Å²) in [4.78, 5) is 2.46. The molecule has 0 aliphatic rings. The minimum atomic E-state index is 0.741. The number of nitrogens with zero attached hydrogens (tertiary/aromatic N) is 1. The Balaban J connectivity index is 2.06. The van der Waals surface area contributed by atoms with E-state index >= 15 is 0 Å². The quantitative estimate of drug-likeness (QED) is 0.817. The van der Waals surface area contributed by atoms with E-state index in [-0.39, 0.29) is 0 Å². The van der Waals surface area contributed by atoms with Gasteiger partial charge in [0, 0.05) is 24.1 Å². The Morgan fingerprint density at radius 3 is 2.38 bits per heavy atom. The van der Waals surface area contributed by atoms with Crippen LogP contribution in [0.4, 0.5) is 0 Å². The van der Waals surface area contributed by atoms with Crippen LogP contribution in [0, 0.1) is 6.92 Å². The van der Waals surface area contributed by atoms with Crippen molar-refractivity contribution in [2.24, 2.45) is 5.73 Å². The lowest BCUT2D eigenvalue weighted by Gasteiger charge is -2.22. The van der Waals surface area contributed by atoms with Crippen LogP contribution in [0.3, 0.4) is 0 Å². The zero-order chi connectivity index (χ0) is 15.1. The van der Waals surface area contributed by atoms with E-state index in [1.54, 1.807) is 0 Å². The molecule has 2 N–H and O–H groups in total. The fraction of sp³-hybridized carbons (Fsp3) is 0.333. The highest BCUT2D eigenvalue weighted by Crippen LogP contribution is 2.19. The van der Waals surface area contributed by atoms with E-state index in [0.29, 0.717) is 0 Å². The summed E-state index contributed by atoms with van der Waals surface area (Å²) in [6, 6.07) is 17.2. The minimum absolute atomic E-state index is 0.741.